The predicted molar refractivity (Wildman–Crippen MR) is 112 cm³/mol. The number of ether oxygens (including phenoxy) is 1. The topological polar surface area (TPSA) is 139 Å². The fraction of sp³-hybridized carbons (Fsp3) is 0.227. The van der Waals surface area contributed by atoms with E-state index in [4.69, 9.17) is 20.7 Å². The number of carbonyl (C=O) groups excluding carboxylic acids is 1. The fourth-order valence-corrected chi connectivity index (χ4v) is 2.69. The van der Waals surface area contributed by atoms with E-state index in [2.05, 4.69) is 5.32 Å². The Hall–Kier alpha value is -3.65. The summed E-state index contributed by atoms with van der Waals surface area (Å²) in [7, 11) is 1.63. The van der Waals surface area contributed by atoms with E-state index >= 15 is 0 Å². The summed E-state index contributed by atoms with van der Waals surface area (Å²) < 4.78 is 5.29. The Morgan fingerprint density at radius 2 is 1.63 bits per heavy atom. The van der Waals surface area contributed by atoms with Gasteiger partial charge in [0.05, 0.1) is 19.2 Å². The van der Waals surface area contributed by atoms with E-state index in [0.29, 0.717) is 18.6 Å². The highest BCUT2D eigenvalue weighted by molar-refractivity contribution is 5.89. The molecule has 8 heteroatoms. The first-order chi connectivity index (χ1) is 14.2. The summed E-state index contributed by atoms with van der Waals surface area (Å²) in [5.74, 6) is -1.93. The second-order valence-electron chi connectivity index (χ2n) is 6.49. The van der Waals surface area contributed by atoms with Crippen LogP contribution in [-0.4, -0.2) is 41.7 Å². The first-order valence-electron chi connectivity index (χ1n) is 9.03. The lowest BCUT2D eigenvalue weighted by Crippen LogP contribution is -2.47. The molecule has 0 bridgehead atoms. The molecule has 8 nitrogen and oxygen atoms in total. The molecule has 1 unspecified atom stereocenters. The number of hydrogen-bond donors (Lipinski definition) is 4. The molecule has 2 rings (SSSR count). The number of carboxylic acid groups (broad SMARTS) is 2. The molecular formula is C22H26N2O6. The molecule has 0 aromatic heterocycles. The highest BCUT2D eigenvalue weighted by Gasteiger charge is 2.29. The van der Waals surface area contributed by atoms with Crippen molar-refractivity contribution in [2.45, 2.75) is 18.9 Å². The van der Waals surface area contributed by atoms with Gasteiger partial charge in [0.15, 0.2) is 0 Å². The van der Waals surface area contributed by atoms with Gasteiger partial charge in [0.2, 0.25) is 5.91 Å². The lowest BCUT2D eigenvalue weighted by molar-refractivity contribution is -0.134. The average molecular weight is 414 g/mol. The molecule has 0 aliphatic heterocycles. The van der Waals surface area contributed by atoms with Gasteiger partial charge in [-0.1, -0.05) is 42.5 Å². The summed E-state index contributed by atoms with van der Waals surface area (Å²) in [6, 6.07) is 17.8. The third-order valence-corrected chi connectivity index (χ3v) is 4.08. The molecular weight excluding hydrogens is 388 g/mol. The smallest absolute Gasteiger partial charge is 0.328 e. The first-order valence-corrected chi connectivity index (χ1v) is 9.03. The number of methoxy groups -OCH3 is 1. The number of benzene rings is 2. The molecule has 0 aliphatic carbocycles. The quantitative estimate of drug-likeness (QED) is 0.484. The van der Waals surface area contributed by atoms with E-state index in [9.17, 15) is 14.4 Å². The first kappa shape index (κ1) is 24.4. The summed E-state index contributed by atoms with van der Waals surface area (Å²) in [5.41, 5.74) is 7.05. The number of hydrogen-bond acceptors (Lipinski definition) is 5. The van der Waals surface area contributed by atoms with Crippen LogP contribution in [0.15, 0.2) is 66.7 Å². The van der Waals surface area contributed by atoms with Crippen molar-refractivity contribution in [3.63, 3.8) is 0 Å². The zero-order chi connectivity index (χ0) is 22.6. The lowest BCUT2D eigenvalue weighted by Gasteiger charge is -2.32. The number of rotatable bonds is 8. The standard InChI is InChI=1S/C18H22N2O2.C4H4O4/c1-18(20-17(21)13-19,12-14-7-4-3-5-8-14)15-9-6-10-16(11-15)22-2;5-3(6)1-2-4(7)8/h3-11H,12-13,19H2,1-2H3,(H,20,21);1-2H,(H,5,6)(H,7,8). The molecule has 0 radical (unpaired) electrons. The van der Waals surface area contributed by atoms with Crippen molar-refractivity contribution >= 4 is 17.8 Å². The van der Waals surface area contributed by atoms with Crippen LogP contribution in [0, 0.1) is 0 Å². The fourth-order valence-electron chi connectivity index (χ4n) is 2.69. The minimum atomic E-state index is -1.26. The number of carbonyl (C=O) groups is 3. The van der Waals surface area contributed by atoms with Crippen molar-refractivity contribution in [3.8, 4) is 5.75 Å². The highest BCUT2D eigenvalue weighted by Crippen LogP contribution is 2.28. The molecule has 1 atom stereocenters. The van der Waals surface area contributed by atoms with Crippen LogP contribution in [0.25, 0.3) is 0 Å². The molecule has 0 spiro atoms. The van der Waals surface area contributed by atoms with Crippen molar-refractivity contribution in [1.82, 2.24) is 5.32 Å². The largest absolute Gasteiger partial charge is 0.497 e. The molecule has 0 saturated carbocycles. The van der Waals surface area contributed by atoms with Crippen molar-refractivity contribution < 1.29 is 29.3 Å². The number of aliphatic carboxylic acids is 2. The predicted octanol–water partition coefficient (Wildman–Crippen LogP) is 1.94. The molecule has 0 heterocycles. The molecule has 1 amide bonds. The van der Waals surface area contributed by atoms with Gasteiger partial charge in [-0.15, -0.1) is 0 Å². The van der Waals surface area contributed by atoms with Crippen LogP contribution in [0.4, 0.5) is 0 Å². The zero-order valence-electron chi connectivity index (χ0n) is 16.9. The van der Waals surface area contributed by atoms with Gasteiger partial charge in [-0.3, -0.25) is 4.79 Å². The van der Waals surface area contributed by atoms with E-state index < -0.39 is 17.5 Å². The van der Waals surface area contributed by atoms with E-state index in [1.165, 1.54) is 0 Å². The Kier molecular flexibility index (Phi) is 9.78. The Bertz CT molecular complexity index is 866. The van der Waals surface area contributed by atoms with E-state index in [1.807, 2.05) is 61.5 Å². The summed E-state index contributed by atoms with van der Waals surface area (Å²) >= 11 is 0. The Morgan fingerprint density at radius 1 is 1.03 bits per heavy atom. The van der Waals surface area contributed by atoms with Gasteiger partial charge < -0.3 is 26.0 Å². The van der Waals surface area contributed by atoms with Crippen LogP contribution >= 0.6 is 0 Å². The van der Waals surface area contributed by atoms with Crippen LogP contribution in [-0.2, 0) is 26.3 Å². The Labute approximate surface area is 175 Å². The second kappa shape index (κ2) is 12.0. The van der Waals surface area contributed by atoms with E-state index in [-0.39, 0.29) is 12.5 Å². The number of carboxylic acids is 2. The Balaban J connectivity index is 0.000000479. The van der Waals surface area contributed by atoms with Crippen LogP contribution < -0.4 is 15.8 Å². The monoisotopic (exact) mass is 414 g/mol. The highest BCUT2D eigenvalue weighted by atomic mass is 16.5. The molecule has 0 saturated heterocycles. The van der Waals surface area contributed by atoms with Gasteiger partial charge in [0, 0.05) is 12.2 Å². The van der Waals surface area contributed by atoms with E-state index in [1.54, 1.807) is 7.11 Å². The maximum atomic E-state index is 11.9. The van der Waals surface area contributed by atoms with Gasteiger partial charge in [-0.25, -0.2) is 9.59 Å². The van der Waals surface area contributed by atoms with E-state index in [0.717, 1.165) is 16.9 Å². The third kappa shape index (κ3) is 8.57. The maximum Gasteiger partial charge on any atom is 0.328 e. The van der Waals surface area contributed by atoms with Gasteiger partial charge in [0.1, 0.15) is 5.75 Å². The van der Waals surface area contributed by atoms with Crippen molar-refractivity contribution in [3.05, 3.63) is 77.9 Å². The van der Waals surface area contributed by atoms with Gasteiger partial charge in [-0.05, 0) is 36.6 Å². The van der Waals surface area contributed by atoms with Crippen LogP contribution in [0.1, 0.15) is 18.1 Å². The summed E-state index contributed by atoms with van der Waals surface area (Å²) in [6.07, 6.45) is 1.79. The number of nitrogens with two attached hydrogens (primary N) is 1. The average Bonchev–Trinajstić information content (AvgIpc) is 2.73. The lowest BCUT2D eigenvalue weighted by atomic mass is 9.85. The molecule has 0 aliphatic rings. The normalized spacial score (nSPS) is 12.2. The summed E-state index contributed by atoms with van der Waals surface area (Å²) in [6.45, 7) is 1.97. The molecule has 2 aromatic carbocycles. The van der Waals surface area contributed by atoms with Crippen LogP contribution in [0.2, 0.25) is 0 Å². The van der Waals surface area contributed by atoms with Crippen molar-refractivity contribution in [2.75, 3.05) is 13.7 Å². The van der Waals surface area contributed by atoms with Crippen LogP contribution in [0.3, 0.4) is 0 Å². The number of amides is 1. The third-order valence-electron chi connectivity index (χ3n) is 4.08. The van der Waals surface area contributed by atoms with Crippen molar-refractivity contribution in [1.29, 1.82) is 0 Å². The second-order valence-corrected chi connectivity index (χ2v) is 6.49. The number of nitrogens with one attached hydrogen (secondary N) is 1. The van der Waals surface area contributed by atoms with Gasteiger partial charge in [0.25, 0.3) is 0 Å². The Morgan fingerprint density at radius 3 is 2.13 bits per heavy atom. The molecule has 160 valence electrons. The maximum absolute atomic E-state index is 11.9. The summed E-state index contributed by atoms with van der Waals surface area (Å²) in [4.78, 5) is 31.0. The van der Waals surface area contributed by atoms with Gasteiger partial charge in [-0.2, -0.15) is 0 Å². The SMILES string of the molecule is COc1cccc(C(C)(Cc2ccccc2)NC(=O)CN)c1.O=C(O)C=CC(=O)O. The molecule has 2 aromatic rings. The zero-order valence-corrected chi connectivity index (χ0v) is 16.9. The molecule has 0 fully saturated rings. The van der Waals surface area contributed by atoms with Gasteiger partial charge >= 0.3 is 11.9 Å². The minimum Gasteiger partial charge on any atom is -0.497 e. The minimum absolute atomic E-state index is 0.0334. The van der Waals surface area contributed by atoms with Crippen molar-refractivity contribution in [2.24, 2.45) is 5.73 Å². The summed E-state index contributed by atoms with van der Waals surface area (Å²) in [5, 5.41) is 18.7. The molecule has 30 heavy (non-hydrogen) atoms. The molecule has 5 N–H and O–H groups in total. The van der Waals surface area contributed by atoms with Crippen LogP contribution in [0.5, 0.6) is 5.75 Å².